The Hall–Kier alpha value is -2.06. The Kier molecular flexibility index (Phi) is 5.93. The van der Waals surface area contributed by atoms with Crippen LogP contribution >= 0.6 is 11.8 Å². The molecule has 2 aliphatic heterocycles. The lowest BCUT2D eigenvalue weighted by molar-refractivity contribution is -0.134. The summed E-state index contributed by atoms with van der Waals surface area (Å²) in [7, 11) is 0. The molecule has 0 aromatic heterocycles. The Bertz CT molecular complexity index is 633. The van der Waals surface area contributed by atoms with E-state index in [0.717, 1.165) is 12.8 Å². The van der Waals surface area contributed by atoms with Crippen LogP contribution in [-0.2, 0) is 19.1 Å². The van der Waals surface area contributed by atoms with Crippen LogP contribution in [0.1, 0.15) is 12.8 Å². The average molecular weight is 364 g/mol. The maximum Gasteiger partial charge on any atom is 0.258 e. The minimum absolute atomic E-state index is 0.0288. The molecule has 3 atom stereocenters. The molecule has 2 fully saturated rings. The molecule has 8 heteroatoms. The molecular weight excluding hydrogens is 344 g/mol. The number of benzene rings is 1. The SMILES string of the molecule is O=C(COc1ccccc1)N[C@@H]1C(=O)NC1SCC(=O)C1CCCO1. The van der Waals surface area contributed by atoms with Crippen molar-refractivity contribution >= 4 is 29.4 Å². The van der Waals surface area contributed by atoms with Gasteiger partial charge in [-0.1, -0.05) is 18.2 Å². The molecular formula is C17H20N2O5S. The summed E-state index contributed by atoms with van der Waals surface area (Å²) in [6, 6.07) is 8.33. The third-order valence-electron chi connectivity index (χ3n) is 3.99. The Morgan fingerprint density at radius 3 is 2.80 bits per heavy atom. The van der Waals surface area contributed by atoms with Crippen LogP contribution in [0.5, 0.6) is 5.75 Å². The molecule has 2 unspecified atom stereocenters. The van der Waals surface area contributed by atoms with Gasteiger partial charge in [0.1, 0.15) is 23.3 Å². The molecule has 134 valence electrons. The monoisotopic (exact) mass is 364 g/mol. The number of hydrogen-bond acceptors (Lipinski definition) is 6. The van der Waals surface area contributed by atoms with Gasteiger partial charge in [-0.25, -0.2) is 0 Å². The predicted octanol–water partition coefficient (Wildman–Crippen LogP) is 0.487. The molecule has 25 heavy (non-hydrogen) atoms. The van der Waals surface area contributed by atoms with E-state index in [1.807, 2.05) is 18.2 Å². The van der Waals surface area contributed by atoms with Crippen molar-refractivity contribution in [2.75, 3.05) is 19.0 Å². The number of para-hydroxylation sites is 1. The highest BCUT2D eigenvalue weighted by Crippen LogP contribution is 2.22. The van der Waals surface area contributed by atoms with Crippen molar-refractivity contribution in [3.63, 3.8) is 0 Å². The lowest BCUT2D eigenvalue weighted by atomic mass is 10.1. The smallest absolute Gasteiger partial charge is 0.258 e. The summed E-state index contributed by atoms with van der Waals surface area (Å²) in [5.74, 6) is 0.238. The summed E-state index contributed by atoms with van der Waals surface area (Å²) >= 11 is 1.31. The summed E-state index contributed by atoms with van der Waals surface area (Å²) in [4.78, 5) is 35.6. The van der Waals surface area contributed by atoms with E-state index in [2.05, 4.69) is 10.6 Å². The number of nitrogens with one attached hydrogen (secondary N) is 2. The van der Waals surface area contributed by atoms with E-state index in [1.165, 1.54) is 11.8 Å². The van der Waals surface area contributed by atoms with E-state index >= 15 is 0 Å². The number of carbonyl (C=O) groups is 3. The molecule has 0 radical (unpaired) electrons. The van der Waals surface area contributed by atoms with E-state index in [9.17, 15) is 14.4 Å². The van der Waals surface area contributed by atoms with Gasteiger partial charge >= 0.3 is 0 Å². The lowest BCUT2D eigenvalue weighted by Gasteiger charge is -2.36. The molecule has 3 rings (SSSR count). The Morgan fingerprint density at radius 2 is 2.12 bits per heavy atom. The number of ketones is 1. The van der Waals surface area contributed by atoms with Crippen molar-refractivity contribution in [3.8, 4) is 5.75 Å². The van der Waals surface area contributed by atoms with E-state index in [4.69, 9.17) is 9.47 Å². The second-order valence-corrected chi connectivity index (χ2v) is 6.98. The number of carbonyl (C=O) groups excluding carboxylic acids is 3. The Morgan fingerprint density at radius 1 is 1.32 bits per heavy atom. The molecule has 0 spiro atoms. The summed E-state index contributed by atoms with van der Waals surface area (Å²) in [5.41, 5.74) is 0. The molecule has 2 aliphatic rings. The standard InChI is InChI=1S/C17H20N2O5S/c20-12(13-7-4-8-23-13)10-25-17-15(16(22)19-17)18-14(21)9-24-11-5-2-1-3-6-11/h1-3,5-6,13,15,17H,4,7-10H2,(H,18,21)(H,19,22)/t13?,15-,17?/m1/s1. The van der Waals surface area contributed by atoms with Gasteiger partial charge in [-0.2, -0.15) is 0 Å². The molecule has 0 aliphatic carbocycles. The fourth-order valence-corrected chi connectivity index (χ4v) is 3.72. The first-order chi connectivity index (χ1) is 12.1. The molecule has 2 amide bonds. The van der Waals surface area contributed by atoms with Gasteiger partial charge < -0.3 is 20.1 Å². The van der Waals surface area contributed by atoms with Crippen LogP contribution in [0.2, 0.25) is 0 Å². The van der Waals surface area contributed by atoms with E-state index < -0.39 is 6.04 Å². The second kappa shape index (κ2) is 8.35. The zero-order valence-corrected chi connectivity index (χ0v) is 14.4. The number of thioether (sulfide) groups is 1. The number of ether oxygens (including phenoxy) is 2. The Balaban J connectivity index is 1.40. The number of amides is 2. The number of β-lactam (4-membered cyclic amide) rings is 1. The van der Waals surface area contributed by atoms with Gasteiger partial charge in [0.15, 0.2) is 12.4 Å². The summed E-state index contributed by atoms with van der Waals surface area (Å²) in [6.07, 6.45) is 1.34. The normalized spacial score (nSPS) is 25.0. The maximum atomic E-state index is 12.0. The third-order valence-corrected chi connectivity index (χ3v) is 5.19. The van der Waals surface area contributed by atoms with Gasteiger partial charge in [0.25, 0.3) is 5.91 Å². The molecule has 2 heterocycles. The van der Waals surface area contributed by atoms with Crippen molar-refractivity contribution in [1.82, 2.24) is 10.6 Å². The van der Waals surface area contributed by atoms with Crippen molar-refractivity contribution in [1.29, 1.82) is 0 Å². The molecule has 1 aromatic rings. The minimum Gasteiger partial charge on any atom is -0.484 e. The van der Waals surface area contributed by atoms with Gasteiger partial charge in [-0.05, 0) is 25.0 Å². The first-order valence-electron chi connectivity index (χ1n) is 8.17. The van der Waals surface area contributed by atoms with Gasteiger partial charge in [0, 0.05) is 6.61 Å². The summed E-state index contributed by atoms with van der Waals surface area (Å²) in [6.45, 7) is 0.460. The van der Waals surface area contributed by atoms with Crippen LogP contribution in [-0.4, -0.2) is 54.1 Å². The van der Waals surface area contributed by atoms with Crippen LogP contribution in [0, 0.1) is 0 Å². The number of rotatable bonds is 8. The van der Waals surface area contributed by atoms with E-state index in [-0.39, 0.29) is 41.4 Å². The molecule has 7 nitrogen and oxygen atoms in total. The van der Waals surface area contributed by atoms with Crippen LogP contribution < -0.4 is 15.4 Å². The molecule has 2 N–H and O–H groups in total. The molecule has 0 bridgehead atoms. The second-order valence-electron chi connectivity index (χ2n) is 5.86. The highest BCUT2D eigenvalue weighted by Gasteiger charge is 2.41. The lowest BCUT2D eigenvalue weighted by Crippen LogP contribution is -2.68. The largest absolute Gasteiger partial charge is 0.484 e. The highest BCUT2D eigenvalue weighted by molar-refractivity contribution is 8.00. The van der Waals surface area contributed by atoms with Crippen LogP contribution in [0.25, 0.3) is 0 Å². The van der Waals surface area contributed by atoms with Gasteiger partial charge in [0.2, 0.25) is 5.91 Å². The van der Waals surface area contributed by atoms with Crippen molar-refractivity contribution < 1.29 is 23.9 Å². The van der Waals surface area contributed by atoms with Crippen molar-refractivity contribution in [2.24, 2.45) is 0 Å². The van der Waals surface area contributed by atoms with Gasteiger partial charge in [-0.15, -0.1) is 11.8 Å². The average Bonchev–Trinajstić information content (AvgIpc) is 3.17. The summed E-state index contributed by atoms with van der Waals surface area (Å²) < 4.78 is 10.7. The molecule has 0 saturated carbocycles. The van der Waals surface area contributed by atoms with E-state index in [1.54, 1.807) is 12.1 Å². The van der Waals surface area contributed by atoms with Crippen LogP contribution in [0.15, 0.2) is 30.3 Å². The highest BCUT2D eigenvalue weighted by atomic mass is 32.2. The number of Topliss-reactive ketones (excluding diaryl/α,β-unsaturated/α-hetero) is 1. The fourth-order valence-electron chi connectivity index (χ4n) is 2.61. The van der Waals surface area contributed by atoms with Crippen LogP contribution in [0.4, 0.5) is 0 Å². The topological polar surface area (TPSA) is 93.7 Å². The fraction of sp³-hybridized carbons (Fsp3) is 0.471. The Labute approximate surface area is 149 Å². The van der Waals surface area contributed by atoms with Gasteiger partial charge in [0.05, 0.1) is 5.75 Å². The zero-order valence-electron chi connectivity index (χ0n) is 13.6. The first kappa shape index (κ1) is 17.8. The van der Waals surface area contributed by atoms with Crippen molar-refractivity contribution in [2.45, 2.75) is 30.4 Å². The zero-order chi connectivity index (χ0) is 17.6. The first-order valence-corrected chi connectivity index (χ1v) is 9.22. The van der Waals surface area contributed by atoms with Gasteiger partial charge in [-0.3, -0.25) is 14.4 Å². The number of hydrogen-bond donors (Lipinski definition) is 2. The third kappa shape index (κ3) is 4.73. The molecule has 1 aromatic carbocycles. The maximum absolute atomic E-state index is 12.0. The minimum atomic E-state index is -0.644. The van der Waals surface area contributed by atoms with Crippen LogP contribution in [0.3, 0.4) is 0 Å². The van der Waals surface area contributed by atoms with E-state index in [0.29, 0.717) is 12.4 Å². The predicted molar refractivity (Wildman–Crippen MR) is 92.2 cm³/mol. The van der Waals surface area contributed by atoms with Crippen molar-refractivity contribution in [3.05, 3.63) is 30.3 Å². The molecule has 2 saturated heterocycles. The summed E-state index contributed by atoms with van der Waals surface area (Å²) in [5, 5.41) is 5.03. The quantitative estimate of drug-likeness (QED) is 0.652.